The second-order valence-corrected chi connectivity index (χ2v) is 3.33. The summed E-state index contributed by atoms with van der Waals surface area (Å²) < 4.78 is 5.44. The Morgan fingerprint density at radius 3 is 2.75 bits per heavy atom. The fourth-order valence-corrected chi connectivity index (χ4v) is 1.25. The molecular formula is C12H13N3O. The van der Waals surface area contributed by atoms with Gasteiger partial charge in [-0.1, -0.05) is 0 Å². The van der Waals surface area contributed by atoms with Crippen molar-refractivity contribution in [1.82, 2.24) is 0 Å². The number of nitrogen functional groups attached to an aromatic ring is 1. The van der Waals surface area contributed by atoms with E-state index >= 15 is 0 Å². The van der Waals surface area contributed by atoms with Crippen LogP contribution in [0.5, 0.6) is 5.75 Å². The lowest BCUT2D eigenvalue weighted by atomic mass is 10.2. The Kier molecular flexibility index (Phi) is 4.69. The minimum absolute atomic E-state index is 0.445. The third-order valence-corrected chi connectivity index (χ3v) is 2.06. The predicted molar refractivity (Wildman–Crippen MR) is 60.5 cm³/mol. The minimum atomic E-state index is 0.445. The number of unbranched alkanes of at least 4 members (excludes halogenated alkanes) is 2. The molecule has 4 heteroatoms. The summed E-state index contributed by atoms with van der Waals surface area (Å²) in [6.45, 7) is 0.514. The standard InChI is InChI=1S/C12H13N3O/c13-6-2-1-3-7-16-12-5-4-11(15)8-10(12)9-14/h4-5,8H,1-3,7,15H2. The van der Waals surface area contributed by atoms with Gasteiger partial charge in [-0.2, -0.15) is 10.5 Å². The molecule has 0 amide bonds. The van der Waals surface area contributed by atoms with Crippen molar-refractivity contribution >= 4 is 5.69 Å². The van der Waals surface area contributed by atoms with E-state index in [2.05, 4.69) is 6.07 Å². The van der Waals surface area contributed by atoms with Crippen LogP contribution in [0, 0.1) is 22.7 Å². The normalized spacial score (nSPS) is 9.12. The summed E-state index contributed by atoms with van der Waals surface area (Å²) >= 11 is 0. The smallest absolute Gasteiger partial charge is 0.137 e. The minimum Gasteiger partial charge on any atom is -0.492 e. The number of nitriles is 2. The van der Waals surface area contributed by atoms with Crippen molar-refractivity contribution in [1.29, 1.82) is 10.5 Å². The Morgan fingerprint density at radius 1 is 1.25 bits per heavy atom. The zero-order chi connectivity index (χ0) is 11.8. The number of hydrogen-bond acceptors (Lipinski definition) is 4. The second kappa shape index (κ2) is 6.31. The first-order valence-corrected chi connectivity index (χ1v) is 5.07. The highest BCUT2D eigenvalue weighted by molar-refractivity contribution is 5.53. The topological polar surface area (TPSA) is 82.8 Å². The van der Waals surface area contributed by atoms with Gasteiger partial charge in [0.05, 0.1) is 18.2 Å². The second-order valence-electron chi connectivity index (χ2n) is 3.33. The van der Waals surface area contributed by atoms with Gasteiger partial charge in [0.25, 0.3) is 0 Å². The molecule has 0 saturated heterocycles. The van der Waals surface area contributed by atoms with Gasteiger partial charge in [-0.05, 0) is 31.0 Å². The predicted octanol–water partition coefficient (Wildman–Crippen LogP) is 2.21. The summed E-state index contributed by atoms with van der Waals surface area (Å²) in [5, 5.41) is 17.2. The molecule has 0 fully saturated rings. The van der Waals surface area contributed by atoms with Crippen LogP contribution in [-0.4, -0.2) is 6.61 Å². The van der Waals surface area contributed by atoms with E-state index < -0.39 is 0 Å². The van der Waals surface area contributed by atoms with E-state index in [9.17, 15) is 0 Å². The number of benzene rings is 1. The van der Waals surface area contributed by atoms with Gasteiger partial charge in [-0.3, -0.25) is 0 Å². The molecule has 1 aromatic carbocycles. The first kappa shape index (κ1) is 11.9. The molecule has 0 atom stereocenters. The molecule has 0 unspecified atom stereocenters. The van der Waals surface area contributed by atoms with Crippen molar-refractivity contribution in [3.05, 3.63) is 23.8 Å². The van der Waals surface area contributed by atoms with Gasteiger partial charge >= 0.3 is 0 Å². The maximum absolute atomic E-state index is 8.86. The first-order chi connectivity index (χ1) is 7.77. The molecule has 0 saturated carbocycles. The molecule has 2 N–H and O–H groups in total. The molecule has 0 aliphatic rings. The third kappa shape index (κ3) is 3.51. The van der Waals surface area contributed by atoms with Crippen molar-refractivity contribution in [2.75, 3.05) is 12.3 Å². The number of ether oxygens (including phenoxy) is 1. The molecule has 1 aromatic rings. The molecule has 82 valence electrons. The van der Waals surface area contributed by atoms with Gasteiger partial charge in [-0.25, -0.2) is 0 Å². The van der Waals surface area contributed by atoms with Crippen LogP contribution < -0.4 is 10.5 Å². The van der Waals surface area contributed by atoms with Crippen LogP contribution in [0.4, 0.5) is 5.69 Å². The van der Waals surface area contributed by atoms with Gasteiger partial charge in [0.15, 0.2) is 0 Å². The van der Waals surface area contributed by atoms with Crippen molar-refractivity contribution in [3.63, 3.8) is 0 Å². The van der Waals surface area contributed by atoms with E-state index in [0.29, 0.717) is 30.0 Å². The van der Waals surface area contributed by atoms with Crippen LogP contribution in [0.15, 0.2) is 18.2 Å². The highest BCUT2D eigenvalue weighted by Crippen LogP contribution is 2.20. The van der Waals surface area contributed by atoms with Crippen LogP contribution in [-0.2, 0) is 0 Å². The third-order valence-electron chi connectivity index (χ3n) is 2.06. The molecule has 0 radical (unpaired) electrons. The molecule has 0 spiro atoms. The molecule has 16 heavy (non-hydrogen) atoms. The maximum atomic E-state index is 8.86. The van der Waals surface area contributed by atoms with Gasteiger partial charge < -0.3 is 10.5 Å². The monoisotopic (exact) mass is 215 g/mol. The maximum Gasteiger partial charge on any atom is 0.137 e. The molecule has 4 nitrogen and oxygen atoms in total. The van der Waals surface area contributed by atoms with E-state index in [0.717, 1.165) is 12.8 Å². The largest absolute Gasteiger partial charge is 0.492 e. The average Bonchev–Trinajstić information content (AvgIpc) is 2.30. The summed E-state index contributed by atoms with van der Waals surface area (Å²) in [7, 11) is 0. The average molecular weight is 215 g/mol. The fraction of sp³-hybridized carbons (Fsp3) is 0.333. The quantitative estimate of drug-likeness (QED) is 0.603. The van der Waals surface area contributed by atoms with Gasteiger partial charge in [-0.15, -0.1) is 0 Å². The van der Waals surface area contributed by atoms with Crippen molar-refractivity contribution in [3.8, 4) is 17.9 Å². The van der Waals surface area contributed by atoms with E-state index in [1.54, 1.807) is 18.2 Å². The SMILES string of the molecule is N#CCCCCOc1ccc(N)cc1C#N. The molecule has 0 aliphatic heterocycles. The van der Waals surface area contributed by atoms with Crippen molar-refractivity contribution in [2.24, 2.45) is 0 Å². The lowest BCUT2D eigenvalue weighted by Gasteiger charge is -2.07. The first-order valence-electron chi connectivity index (χ1n) is 5.07. The van der Waals surface area contributed by atoms with E-state index in [1.807, 2.05) is 6.07 Å². The summed E-state index contributed by atoms with van der Waals surface area (Å²) in [6, 6.07) is 9.08. The summed E-state index contributed by atoms with van der Waals surface area (Å²) in [5.41, 5.74) is 6.55. The molecule has 0 aliphatic carbocycles. The zero-order valence-corrected chi connectivity index (χ0v) is 8.94. The van der Waals surface area contributed by atoms with Crippen LogP contribution in [0.2, 0.25) is 0 Å². The molecule has 0 heterocycles. The van der Waals surface area contributed by atoms with E-state index in [4.69, 9.17) is 21.0 Å². The molecule has 0 aromatic heterocycles. The highest BCUT2D eigenvalue weighted by atomic mass is 16.5. The van der Waals surface area contributed by atoms with Crippen molar-refractivity contribution in [2.45, 2.75) is 19.3 Å². The number of rotatable bonds is 5. The Balaban J connectivity index is 2.48. The van der Waals surface area contributed by atoms with E-state index in [1.165, 1.54) is 0 Å². The van der Waals surface area contributed by atoms with Crippen LogP contribution >= 0.6 is 0 Å². The molecular weight excluding hydrogens is 202 g/mol. The van der Waals surface area contributed by atoms with Gasteiger partial charge in [0, 0.05) is 12.1 Å². The number of nitrogens with two attached hydrogens (primary N) is 1. The van der Waals surface area contributed by atoms with E-state index in [-0.39, 0.29) is 0 Å². The Labute approximate surface area is 94.9 Å². The fourth-order valence-electron chi connectivity index (χ4n) is 1.25. The zero-order valence-electron chi connectivity index (χ0n) is 8.94. The van der Waals surface area contributed by atoms with Gasteiger partial charge in [0.1, 0.15) is 11.8 Å². The van der Waals surface area contributed by atoms with Crippen LogP contribution in [0.25, 0.3) is 0 Å². The number of nitrogens with zero attached hydrogens (tertiary/aromatic N) is 2. The lowest BCUT2D eigenvalue weighted by molar-refractivity contribution is 0.307. The summed E-state index contributed by atoms with van der Waals surface area (Å²) in [6.07, 6.45) is 2.16. The Bertz CT molecular complexity index is 429. The van der Waals surface area contributed by atoms with Crippen molar-refractivity contribution < 1.29 is 4.74 Å². The summed E-state index contributed by atoms with van der Waals surface area (Å²) in [5.74, 6) is 0.550. The number of hydrogen-bond donors (Lipinski definition) is 1. The molecule has 1 rings (SSSR count). The number of anilines is 1. The van der Waals surface area contributed by atoms with Gasteiger partial charge in [0.2, 0.25) is 0 Å². The summed E-state index contributed by atoms with van der Waals surface area (Å²) in [4.78, 5) is 0. The Morgan fingerprint density at radius 2 is 2.06 bits per heavy atom. The van der Waals surface area contributed by atoms with Crippen LogP contribution in [0.1, 0.15) is 24.8 Å². The Hall–Kier alpha value is -2.20. The van der Waals surface area contributed by atoms with Crippen LogP contribution in [0.3, 0.4) is 0 Å². The lowest BCUT2D eigenvalue weighted by Crippen LogP contribution is -1.99. The molecule has 0 bridgehead atoms. The highest BCUT2D eigenvalue weighted by Gasteiger charge is 2.03.